The van der Waals surface area contributed by atoms with Gasteiger partial charge in [0.15, 0.2) is 5.96 Å². The van der Waals surface area contributed by atoms with Crippen LogP contribution in [0.5, 0.6) is 0 Å². The monoisotopic (exact) mass is 327 g/mol. The lowest BCUT2D eigenvalue weighted by Gasteiger charge is -2.38. The molecule has 0 aromatic rings. The van der Waals surface area contributed by atoms with Crippen molar-refractivity contribution in [3.05, 3.63) is 0 Å². The molecular formula is C17H33N3O3. The summed E-state index contributed by atoms with van der Waals surface area (Å²) in [7, 11) is 3.60. The van der Waals surface area contributed by atoms with E-state index < -0.39 is 0 Å². The second-order valence-corrected chi connectivity index (χ2v) is 7.43. The molecule has 2 aliphatic heterocycles. The zero-order valence-electron chi connectivity index (χ0n) is 15.3. The van der Waals surface area contributed by atoms with E-state index in [4.69, 9.17) is 14.2 Å². The summed E-state index contributed by atoms with van der Waals surface area (Å²) >= 11 is 0. The summed E-state index contributed by atoms with van der Waals surface area (Å²) in [5.74, 6) is 0.919. The van der Waals surface area contributed by atoms with Gasteiger partial charge in [-0.1, -0.05) is 20.8 Å². The van der Waals surface area contributed by atoms with Gasteiger partial charge in [0.05, 0.1) is 18.8 Å². The first-order valence-corrected chi connectivity index (χ1v) is 8.67. The van der Waals surface area contributed by atoms with Crippen LogP contribution in [0, 0.1) is 5.41 Å². The van der Waals surface area contributed by atoms with E-state index in [0.717, 1.165) is 51.6 Å². The summed E-state index contributed by atoms with van der Waals surface area (Å²) in [6.45, 7) is 10.6. The van der Waals surface area contributed by atoms with Gasteiger partial charge in [-0.3, -0.25) is 4.99 Å². The Morgan fingerprint density at radius 3 is 2.61 bits per heavy atom. The normalized spacial score (nSPS) is 28.0. The molecule has 2 rings (SSSR count). The van der Waals surface area contributed by atoms with Crippen LogP contribution in [-0.2, 0) is 14.2 Å². The summed E-state index contributed by atoms with van der Waals surface area (Å²) < 4.78 is 17.3. The molecule has 134 valence electrons. The van der Waals surface area contributed by atoms with E-state index in [0.29, 0.717) is 0 Å². The first-order chi connectivity index (χ1) is 11.0. The van der Waals surface area contributed by atoms with E-state index in [1.165, 1.54) is 0 Å². The highest BCUT2D eigenvalue weighted by Crippen LogP contribution is 2.22. The van der Waals surface area contributed by atoms with Gasteiger partial charge in [0.25, 0.3) is 0 Å². The fraction of sp³-hybridized carbons (Fsp3) is 0.941. The minimum Gasteiger partial charge on any atom is -0.379 e. The highest BCUT2D eigenvalue weighted by Gasteiger charge is 2.32. The van der Waals surface area contributed by atoms with E-state index >= 15 is 0 Å². The summed E-state index contributed by atoms with van der Waals surface area (Å²) in [4.78, 5) is 6.71. The van der Waals surface area contributed by atoms with Gasteiger partial charge in [0, 0.05) is 40.4 Å². The minimum atomic E-state index is 0.0891. The van der Waals surface area contributed by atoms with Crippen molar-refractivity contribution in [3.63, 3.8) is 0 Å². The zero-order chi connectivity index (χ0) is 16.9. The Morgan fingerprint density at radius 2 is 2.04 bits per heavy atom. The molecule has 0 radical (unpaired) electrons. The molecule has 0 aromatic carbocycles. The number of morpholine rings is 1. The van der Waals surface area contributed by atoms with Crippen LogP contribution >= 0.6 is 0 Å². The number of hydrogen-bond donors (Lipinski definition) is 1. The van der Waals surface area contributed by atoms with Crippen molar-refractivity contribution < 1.29 is 14.2 Å². The largest absolute Gasteiger partial charge is 0.379 e. The van der Waals surface area contributed by atoms with Crippen LogP contribution in [0.15, 0.2) is 4.99 Å². The third-order valence-corrected chi connectivity index (χ3v) is 4.68. The molecule has 6 heteroatoms. The molecule has 0 saturated carbocycles. The van der Waals surface area contributed by atoms with E-state index in [1.54, 1.807) is 7.11 Å². The van der Waals surface area contributed by atoms with Gasteiger partial charge in [-0.2, -0.15) is 0 Å². The van der Waals surface area contributed by atoms with Crippen LogP contribution in [-0.4, -0.2) is 76.2 Å². The number of ether oxygens (including phenoxy) is 3. The Morgan fingerprint density at radius 1 is 1.30 bits per heavy atom. The van der Waals surface area contributed by atoms with Crippen LogP contribution in [0.2, 0.25) is 0 Å². The minimum absolute atomic E-state index is 0.0891. The van der Waals surface area contributed by atoms with Gasteiger partial charge < -0.3 is 24.4 Å². The van der Waals surface area contributed by atoms with E-state index in [9.17, 15) is 0 Å². The Hall–Kier alpha value is -0.850. The third-order valence-electron chi connectivity index (χ3n) is 4.68. The average molecular weight is 327 g/mol. The second-order valence-electron chi connectivity index (χ2n) is 7.43. The lowest BCUT2D eigenvalue weighted by atomic mass is 9.89. The van der Waals surface area contributed by atoms with Gasteiger partial charge >= 0.3 is 0 Å². The molecule has 2 saturated heterocycles. The second kappa shape index (κ2) is 8.31. The van der Waals surface area contributed by atoms with Crippen molar-refractivity contribution in [1.29, 1.82) is 0 Å². The lowest BCUT2D eigenvalue weighted by Crippen LogP contribution is -2.54. The topological polar surface area (TPSA) is 55.3 Å². The Balaban J connectivity index is 1.89. The Labute approximate surface area is 140 Å². The van der Waals surface area contributed by atoms with E-state index in [1.807, 2.05) is 7.05 Å². The maximum atomic E-state index is 5.91. The predicted octanol–water partition coefficient (Wildman–Crippen LogP) is 1.50. The number of nitrogens with zero attached hydrogens (tertiary/aromatic N) is 2. The maximum Gasteiger partial charge on any atom is 0.193 e. The van der Waals surface area contributed by atoms with E-state index in [-0.39, 0.29) is 23.7 Å². The Kier molecular flexibility index (Phi) is 6.68. The highest BCUT2D eigenvalue weighted by molar-refractivity contribution is 5.80. The van der Waals surface area contributed by atoms with E-state index in [2.05, 4.69) is 36.0 Å². The lowest BCUT2D eigenvalue weighted by molar-refractivity contribution is -0.0818. The van der Waals surface area contributed by atoms with Crippen molar-refractivity contribution >= 4 is 5.96 Å². The number of hydrogen-bond acceptors (Lipinski definition) is 4. The quantitative estimate of drug-likeness (QED) is 0.626. The fourth-order valence-corrected chi connectivity index (χ4v) is 3.25. The van der Waals surface area contributed by atoms with Crippen molar-refractivity contribution in [2.24, 2.45) is 10.4 Å². The number of rotatable bonds is 4. The molecule has 6 nitrogen and oxygen atoms in total. The molecule has 3 atom stereocenters. The Bertz CT molecular complexity index is 389. The molecule has 0 bridgehead atoms. The molecule has 3 unspecified atom stereocenters. The number of methoxy groups -OCH3 is 1. The smallest absolute Gasteiger partial charge is 0.193 e. The molecule has 2 fully saturated rings. The van der Waals surface area contributed by atoms with Gasteiger partial charge in [-0.25, -0.2) is 0 Å². The number of aliphatic imine (C=N–C) groups is 1. The summed E-state index contributed by atoms with van der Waals surface area (Å²) in [5.41, 5.74) is 0.0891. The molecule has 0 aromatic heterocycles. The molecular weight excluding hydrogens is 294 g/mol. The molecule has 1 N–H and O–H groups in total. The fourth-order valence-electron chi connectivity index (χ4n) is 3.25. The number of guanidine groups is 1. The zero-order valence-corrected chi connectivity index (χ0v) is 15.3. The summed E-state index contributed by atoms with van der Waals surface area (Å²) in [6, 6.07) is 0. The van der Waals surface area contributed by atoms with Crippen LogP contribution < -0.4 is 5.32 Å². The van der Waals surface area contributed by atoms with Gasteiger partial charge in [-0.05, 0) is 18.3 Å². The van der Waals surface area contributed by atoms with Crippen LogP contribution in [0.1, 0.15) is 33.6 Å². The first kappa shape index (κ1) is 18.5. The summed E-state index contributed by atoms with van der Waals surface area (Å²) in [5, 5.41) is 3.46. The van der Waals surface area contributed by atoms with Crippen molar-refractivity contribution in [3.8, 4) is 0 Å². The molecule has 0 aliphatic carbocycles. The standard InChI is InChI=1S/C17H33N3O3/c1-17(2,3)15(21-5)11-19-16(18-4)20-8-10-23-14(12-20)13-7-6-9-22-13/h13-15H,6-12H2,1-5H3,(H,18,19). The molecule has 2 aliphatic rings. The van der Waals surface area contributed by atoms with Crippen LogP contribution in [0.4, 0.5) is 0 Å². The van der Waals surface area contributed by atoms with Crippen molar-refractivity contribution in [1.82, 2.24) is 10.2 Å². The molecule has 0 spiro atoms. The van der Waals surface area contributed by atoms with Crippen molar-refractivity contribution in [2.75, 3.05) is 47.0 Å². The average Bonchev–Trinajstić information content (AvgIpc) is 3.05. The molecule has 2 heterocycles. The number of nitrogens with one attached hydrogen (secondary N) is 1. The molecule has 0 amide bonds. The molecule has 23 heavy (non-hydrogen) atoms. The predicted molar refractivity (Wildman–Crippen MR) is 91.9 cm³/mol. The van der Waals surface area contributed by atoms with Gasteiger partial charge in [0.2, 0.25) is 0 Å². The van der Waals surface area contributed by atoms with Gasteiger partial charge in [-0.15, -0.1) is 0 Å². The van der Waals surface area contributed by atoms with Gasteiger partial charge in [0.1, 0.15) is 6.10 Å². The highest BCUT2D eigenvalue weighted by atomic mass is 16.5. The maximum absolute atomic E-state index is 5.91. The SMILES string of the molecule is CN=C(NCC(OC)C(C)(C)C)N1CCOC(C2CCCO2)C1. The van der Waals surface area contributed by atoms with Crippen molar-refractivity contribution in [2.45, 2.75) is 51.9 Å². The summed E-state index contributed by atoms with van der Waals surface area (Å²) in [6.07, 6.45) is 2.75. The van der Waals surface area contributed by atoms with Crippen LogP contribution in [0.3, 0.4) is 0 Å². The first-order valence-electron chi connectivity index (χ1n) is 8.67. The third kappa shape index (κ3) is 5.06. The van der Waals surface area contributed by atoms with Crippen LogP contribution in [0.25, 0.3) is 0 Å².